The number of aromatic nitrogens is 3. The summed E-state index contributed by atoms with van der Waals surface area (Å²) in [5.74, 6) is -6.61. The average molecular weight is 621 g/mol. The normalized spacial score (nSPS) is 20.8. The van der Waals surface area contributed by atoms with Gasteiger partial charge in [0.1, 0.15) is 17.6 Å². The standard InChI is InChI=1S/C26H27F7N6O4/c1-38-20(15(28)9-34-38)22(40)37-19(12-3-5-25(29,30)6-4-12)23-35-16-8-13(7-14(27)21(16)43-23)17(11-42-2)39-10-18(26(31,32)33)36-24(39)41/h7-9,12,17-19H,3-6,10-11H2,1-2H3,(H,36,41)(H,37,40). The molecule has 1 saturated heterocycles. The van der Waals surface area contributed by atoms with Crippen LogP contribution >= 0.6 is 0 Å². The third-order valence-corrected chi connectivity index (χ3v) is 7.80. The van der Waals surface area contributed by atoms with Crippen molar-refractivity contribution in [3.8, 4) is 0 Å². The highest BCUT2D eigenvalue weighted by molar-refractivity contribution is 5.93. The van der Waals surface area contributed by atoms with Gasteiger partial charge in [-0.25, -0.2) is 27.3 Å². The van der Waals surface area contributed by atoms with Crippen molar-refractivity contribution in [3.63, 3.8) is 0 Å². The number of urea groups is 1. The Labute approximate surface area is 239 Å². The molecule has 1 saturated carbocycles. The van der Waals surface area contributed by atoms with E-state index in [2.05, 4.69) is 15.4 Å². The third kappa shape index (κ3) is 6.12. The molecule has 2 fully saturated rings. The first-order chi connectivity index (χ1) is 20.2. The molecular weight excluding hydrogens is 593 g/mol. The van der Waals surface area contributed by atoms with Gasteiger partial charge in [0.05, 0.1) is 25.4 Å². The van der Waals surface area contributed by atoms with Gasteiger partial charge in [0.2, 0.25) is 11.8 Å². The summed E-state index contributed by atoms with van der Waals surface area (Å²) in [6.45, 7) is -1.02. The summed E-state index contributed by atoms with van der Waals surface area (Å²) in [6.07, 6.45) is -4.97. The lowest BCUT2D eigenvalue weighted by atomic mass is 9.82. The molecule has 0 bridgehead atoms. The van der Waals surface area contributed by atoms with Crippen LogP contribution in [-0.4, -0.2) is 70.0 Å². The number of amides is 3. The van der Waals surface area contributed by atoms with Gasteiger partial charge < -0.3 is 24.7 Å². The Kier molecular flexibility index (Phi) is 8.04. The van der Waals surface area contributed by atoms with Crippen molar-refractivity contribution in [2.45, 2.75) is 55.9 Å². The Bertz CT molecular complexity index is 1490. The minimum absolute atomic E-state index is 0.0551. The Hall–Kier alpha value is -3.89. The second kappa shape index (κ2) is 11.3. The number of methoxy groups -OCH3 is 1. The molecule has 2 N–H and O–H groups in total. The van der Waals surface area contributed by atoms with Gasteiger partial charge in [-0.15, -0.1) is 0 Å². The van der Waals surface area contributed by atoms with Gasteiger partial charge in [-0.2, -0.15) is 18.3 Å². The van der Waals surface area contributed by atoms with Crippen molar-refractivity contribution in [1.29, 1.82) is 0 Å². The maximum atomic E-state index is 15.4. The zero-order chi connectivity index (χ0) is 31.3. The highest BCUT2D eigenvalue weighted by Gasteiger charge is 2.49. The topological polar surface area (TPSA) is 115 Å². The number of carbonyl (C=O) groups excluding carboxylic acids is 2. The lowest BCUT2D eigenvalue weighted by Crippen LogP contribution is -2.40. The molecular formula is C26H27F7N6O4. The molecule has 1 aromatic carbocycles. The minimum atomic E-state index is -4.71. The van der Waals surface area contributed by atoms with Gasteiger partial charge in [-0.3, -0.25) is 9.48 Å². The number of fused-ring (bicyclic) bond motifs is 1. The van der Waals surface area contributed by atoms with Crippen molar-refractivity contribution in [2.24, 2.45) is 13.0 Å². The van der Waals surface area contributed by atoms with Crippen LogP contribution in [0.25, 0.3) is 11.1 Å². The number of nitrogens with one attached hydrogen (secondary N) is 2. The first kappa shape index (κ1) is 30.6. The number of benzene rings is 1. The monoisotopic (exact) mass is 620 g/mol. The van der Waals surface area contributed by atoms with Crippen LogP contribution in [-0.2, 0) is 11.8 Å². The summed E-state index contributed by atoms with van der Waals surface area (Å²) in [4.78, 5) is 30.6. The highest BCUT2D eigenvalue weighted by atomic mass is 19.4. The van der Waals surface area contributed by atoms with Crippen LogP contribution in [0.4, 0.5) is 35.5 Å². The molecule has 1 aliphatic heterocycles. The van der Waals surface area contributed by atoms with E-state index in [1.54, 1.807) is 0 Å². The lowest BCUT2D eigenvalue weighted by Gasteiger charge is -2.32. The maximum absolute atomic E-state index is 15.4. The molecule has 2 aromatic heterocycles. The molecule has 17 heteroatoms. The van der Waals surface area contributed by atoms with Crippen molar-refractivity contribution in [2.75, 3.05) is 20.3 Å². The molecule has 3 heterocycles. The number of ether oxygens (including phenoxy) is 1. The van der Waals surface area contributed by atoms with Crippen LogP contribution in [0, 0.1) is 17.6 Å². The van der Waals surface area contributed by atoms with Gasteiger partial charge in [0.15, 0.2) is 22.9 Å². The SMILES string of the molecule is COCC(c1cc(F)c2oc(C(NC(=O)c3c(F)cnn3C)C3CCC(F)(F)CC3)nc2c1)N1CC(C(F)(F)F)NC1=O. The fourth-order valence-corrected chi connectivity index (χ4v) is 5.54. The van der Waals surface area contributed by atoms with E-state index in [4.69, 9.17) is 9.15 Å². The average Bonchev–Trinajstić information content (AvgIpc) is 3.62. The molecule has 2 aliphatic rings. The summed E-state index contributed by atoms with van der Waals surface area (Å²) in [5.41, 5.74) is -0.857. The summed E-state index contributed by atoms with van der Waals surface area (Å²) in [6, 6.07) is -3.19. The number of hydrogen-bond acceptors (Lipinski definition) is 6. The third-order valence-electron chi connectivity index (χ3n) is 7.80. The van der Waals surface area contributed by atoms with Crippen molar-refractivity contribution < 1.29 is 49.5 Å². The van der Waals surface area contributed by atoms with Gasteiger partial charge >= 0.3 is 12.2 Å². The summed E-state index contributed by atoms with van der Waals surface area (Å²) >= 11 is 0. The quantitative estimate of drug-likeness (QED) is 0.351. The van der Waals surface area contributed by atoms with Crippen LogP contribution in [0.2, 0.25) is 0 Å². The smallest absolute Gasteiger partial charge is 0.410 e. The Morgan fingerprint density at radius 3 is 2.51 bits per heavy atom. The zero-order valence-electron chi connectivity index (χ0n) is 22.9. The van der Waals surface area contributed by atoms with Crippen LogP contribution in [0.1, 0.15) is 59.7 Å². The number of rotatable bonds is 8. The van der Waals surface area contributed by atoms with E-state index in [9.17, 15) is 35.9 Å². The predicted octanol–water partition coefficient (Wildman–Crippen LogP) is 4.78. The van der Waals surface area contributed by atoms with Gasteiger partial charge in [0.25, 0.3) is 5.91 Å². The number of hydrogen-bond donors (Lipinski definition) is 2. The molecule has 3 aromatic rings. The van der Waals surface area contributed by atoms with Crippen molar-refractivity contribution in [1.82, 2.24) is 30.3 Å². The minimum Gasteiger partial charge on any atom is -0.435 e. The molecule has 0 spiro atoms. The molecule has 0 radical (unpaired) electrons. The van der Waals surface area contributed by atoms with E-state index in [-0.39, 0.29) is 42.0 Å². The van der Waals surface area contributed by atoms with Gasteiger partial charge in [-0.1, -0.05) is 0 Å². The van der Waals surface area contributed by atoms with Crippen molar-refractivity contribution in [3.05, 3.63) is 47.1 Å². The highest BCUT2D eigenvalue weighted by Crippen LogP contribution is 2.42. The summed E-state index contributed by atoms with van der Waals surface area (Å²) in [7, 11) is 2.59. The second-order valence-corrected chi connectivity index (χ2v) is 10.7. The number of halogens is 7. The first-order valence-corrected chi connectivity index (χ1v) is 13.3. The number of aryl methyl sites for hydroxylation is 1. The van der Waals surface area contributed by atoms with Crippen LogP contribution in [0.15, 0.2) is 22.7 Å². The largest absolute Gasteiger partial charge is 0.435 e. The van der Waals surface area contributed by atoms with Crippen LogP contribution in [0.3, 0.4) is 0 Å². The molecule has 3 amide bonds. The van der Waals surface area contributed by atoms with E-state index in [0.717, 1.165) is 21.8 Å². The van der Waals surface area contributed by atoms with E-state index in [1.807, 2.05) is 5.32 Å². The van der Waals surface area contributed by atoms with E-state index in [0.29, 0.717) is 0 Å². The van der Waals surface area contributed by atoms with E-state index in [1.165, 1.54) is 20.2 Å². The Balaban J connectivity index is 1.50. The number of alkyl halides is 5. The fourth-order valence-electron chi connectivity index (χ4n) is 5.54. The van der Waals surface area contributed by atoms with E-state index < -0.39 is 84.8 Å². The second-order valence-electron chi connectivity index (χ2n) is 10.7. The maximum Gasteiger partial charge on any atom is 0.410 e. The Morgan fingerprint density at radius 2 is 1.93 bits per heavy atom. The molecule has 10 nitrogen and oxygen atoms in total. The number of carbonyl (C=O) groups is 2. The summed E-state index contributed by atoms with van der Waals surface area (Å²) < 4.78 is 109. The number of nitrogens with zero attached hydrogens (tertiary/aromatic N) is 4. The van der Waals surface area contributed by atoms with Gasteiger partial charge in [-0.05, 0) is 36.5 Å². The Morgan fingerprint density at radius 1 is 1.23 bits per heavy atom. The molecule has 234 valence electrons. The van der Waals surface area contributed by atoms with Crippen LogP contribution in [0.5, 0.6) is 0 Å². The zero-order valence-corrected chi connectivity index (χ0v) is 22.9. The first-order valence-electron chi connectivity index (χ1n) is 13.3. The predicted molar refractivity (Wildman–Crippen MR) is 134 cm³/mol. The van der Waals surface area contributed by atoms with Gasteiger partial charge in [0, 0.05) is 27.0 Å². The lowest BCUT2D eigenvalue weighted by molar-refractivity contribution is -0.150. The number of oxazole rings is 1. The molecule has 3 unspecified atom stereocenters. The molecule has 3 atom stereocenters. The van der Waals surface area contributed by atoms with Crippen LogP contribution < -0.4 is 10.6 Å². The summed E-state index contributed by atoms with van der Waals surface area (Å²) in [5, 5.41) is 8.11. The fraction of sp³-hybridized carbons (Fsp3) is 0.538. The molecule has 5 rings (SSSR count). The molecule has 43 heavy (non-hydrogen) atoms. The van der Waals surface area contributed by atoms with Crippen molar-refractivity contribution >= 4 is 23.0 Å². The van der Waals surface area contributed by atoms with E-state index >= 15 is 4.39 Å². The molecule has 1 aliphatic carbocycles.